The zero-order valence-electron chi connectivity index (χ0n) is 12.0. The van der Waals surface area contributed by atoms with Crippen LogP contribution >= 0.6 is 0 Å². The number of rotatable bonds is 3. The second kappa shape index (κ2) is 5.12. The van der Waals surface area contributed by atoms with Gasteiger partial charge in [-0.15, -0.1) is 0 Å². The van der Waals surface area contributed by atoms with E-state index in [1.165, 1.54) is 19.2 Å². The van der Waals surface area contributed by atoms with Gasteiger partial charge in [-0.3, -0.25) is 14.5 Å². The molecule has 1 aliphatic heterocycles. The Morgan fingerprint density at radius 1 is 1.29 bits per heavy atom. The SMILES string of the molecule is Cc1cc(S(=O)(=O)NC2CC(=O)N(C)C2=O)cc(N)c1C. The fraction of sp³-hybridized carbons (Fsp3) is 0.385. The number of hydrogen-bond donors (Lipinski definition) is 2. The lowest BCUT2D eigenvalue weighted by Crippen LogP contribution is -2.40. The monoisotopic (exact) mass is 311 g/mol. The molecule has 0 spiro atoms. The summed E-state index contributed by atoms with van der Waals surface area (Å²) in [4.78, 5) is 24.1. The molecule has 0 radical (unpaired) electrons. The Labute approximate surface area is 123 Å². The van der Waals surface area contributed by atoms with E-state index < -0.39 is 27.9 Å². The van der Waals surface area contributed by atoms with E-state index in [1.807, 2.05) is 0 Å². The molecule has 1 heterocycles. The first kappa shape index (κ1) is 15.5. The summed E-state index contributed by atoms with van der Waals surface area (Å²) in [6.45, 7) is 3.55. The third-order valence-electron chi connectivity index (χ3n) is 3.67. The van der Waals surface area contributed by atoms with Crippen molar-refractivity contribution < 1.29 is 18.0 Å². The number of nitrogen functional groups attached to an aromatic ring is 1. The Hall–Kier alpha value is -1.93. The molecule has 3 N–H and O–H groups in total. The van der Waals surface area contributed by atoms with Crippen LogP contribution in [0.1, 0.15) is 17.5 Å². The summed E-state index contributed by atoms with van der Waals surface area (Å²) in [6.07, 6.45) is -0.172. The van der Waals surface area contributed by atoms with Gasteiger partial charge in [-0.05, 0) is 37.1 Å². The second-order valence-electron chi connectivity index (χ2n) is 5.12. The zero-order valence-corrected chi connectivity index (χ0v) is 12.8. The number of carbonyl (C=O) groups is 2. The standard InChI is InChI=1S/C13H17N3O4S/c1-7-4-9(5-10(14)8(7)2)21(19,20)15-11-6-12(17)16(3)13(11)18/h4-5,11,15H,6,14H2,1-3H3. The quantitative estimate of drug-likeness (QED) is 0.599. The number of anilines is 1. The number of hydrogen-bond acceptors (Lipinski definition) is 5. The van der Waals surface area contributed by atoms with E-state index >= 15 is 0 Å². The van der Waals surface area contributed by atoms with E-state index in [1.54, 1.807) is 13.8 Å². The van der Waals surface area contributed by atoms with Crippen molar-refractivity contribution in [1.82, 2.24) is 9.62 Å². The maximum Gasteiger partial charge on any atom is 0.247 e. The maximum atomic E-state index is 12.3. The molecule has 1 unspecified atom stereocenters. The van der Waals surface area contributed by atoms with Crippen LogP contribution in [0, 0.1) is 13.8 Å². The van der Waals surface area contributed by atoms with Gasteiger partial charge in [0.2, 0.25) is 21.8 Å². The van der Waals surface area contributed by atoms with Crippen molar-refractivity contribution >= 4 is 27.5 Å². The van der Waals surface area contributed by atoms with Crippen LogP contribution in [0.25, 0.3) is 0 Å². The number of nitrogens with one attached hydrogen (secondary N) is 1. The lowest BCUT2D eigenvalue weighted by molar-refractivity contribution is -0.137. The molecule has 7 nitrogen and oxygen atoms in total. The van der Waals surface area contributed by atoms with Gasteiger partial charge in [-0.25, -0.2) is 8.42 Å². The topological polar surface area (TPSA) is 110 Å². The Kier molecular flexibility index (Phi) is 3.77. The smallest absolute Gasteiger partial charge is 0.247 e. The van der Waals surface area contributed by atoms with Crippen LogP contribution in [0.3, 0.4) is 0 Å². The number of likely N-dealkylation sites (N-methyl/N-ethyl adjacent to an activating group) is 1. The predicted molar refractivity (Wildman–Crippen MR) is 76.8 cm³/mol. The van der Waals surface area contributed by atoms with Crippen molar-refractivity contribution in [2.24, 2.45) is 0 Å². The van der Waals surface area contributed by atoms with E-state index in [9.17, 15) is 18.0 Å². The van der Waals surface area contributed by atoms with Crippen molar-refractivity contribution in [3.05, 3.63) is 23.3 Å². The highest BCUT2D eigenvalue weighted by atomic mass is 32.2. The molecule has 0 aromatic heterocycles. The molecule has 1 aliphatic rings. The van der Waals surface area contributed by atoms with E-state index in [0.29, 0.717) is 5.69 Å². The Bertz CT molecular complexity index is 704. The first-order valence-electron chi connectivity index (χ1n) is 6.33. The number of imide groups is 1. The number of aryl methyl sites for hydroxylation is 1. The van der Waals surface area contributed by atoms with E-state index in [-0.39, 0.29) is 11.3 Å². The first-order chi connectivity index (χ1) is 9.63. The summed E-state index contributed by atoms with van der Waals surface area (Å²) < 4.78 is 26.9. The Morgan fingerprint density at radius 2 is 1.90 bits per heavy atom. The summed E-state index contributed by atoms with van der Waals surface area (Å²) in [6, 6.07) is 1.77. The van der Waals surface area contributed by atoms with Crippen LogP contribution < -0.4 is 10.5 Å². The lowest BCUT2D eigenvalue weighted by atomic mass is 10.1. The van der Waals surface area contributed by atoms with Crippen molar-refractivity contribution in [3.8, 4) is 0 Å². The molecule has 1 atom stereocenters. The average molecular weight is 311 g/mol. The summed E-state index contributed by atoms with van der Waals surface area (Å²) in [7, 11) is -2.59. The van der Waals surface area contributed by atoms with E-state index in [0.717, 1.165) is 16.0 Å². The second-order valence-corrected chi connectivity index (χ2v) is 6.84. The minimum atomic E-state index is -3.91. The van der Waals surface area contributed by atoms with Gasteiger partial charge in [0.25, 0.3) is 0 Å². The first-order valence-corrected chi connectivity index (χ1v) is 7.81. The van der Waals surface area contributed by atoms with Crippen LogP contribution in [0.15, 0.2) is 17.0 Å². The number of likely N-dealkylation sites (tertiary alicyclic amines) is 1. The van der Waals surface area contributed by atoms with E-state index in [2.05, 4.69) is 4.72 Å². The third kappa shape index (κ3) is 2.77. The molecule has 2 rings (SSSR count). The van der Waals surface area contributed by atoms with E-state index in [4.69, 9.17) is 5.73 Å². The molecular formula is C13H17N3O4S. The number of benzene rings is 1. The van der Waals surface area contributed by atoms with Crippen molar-refractivity contribution in [2.75, 3.05) is 12.8 Å². The van der Waals surface area contributed by atoms with Crippen LogP contribution in [0.5, 0.6) is 0 Å². The Morgan fingerprint density at radius 3 is 2.38 bits per heavy atom. The molecule has 8 heteroatoms. The number of carbonyl (C=O) groups excluding carboxylic acids is 2. The number of nitrogens with zero attached hydrogens (tertiary/aromatic N) is 1. The predicted octanol–water partition coefficient (Wildman–Crippen LogP) is -0.0788. The highest BCUT2D eigenvalue weighted by Crippen LogP contribution is 2.22. The van der Waals surface area contributed by atoms with Crippen LogP contribution in [-0.4, -0.2) is 38.2 Å². The summed E-state index contributed by atoms with van der Waals surface area (Å²) in [5.41, 5.74) is 7.68. The van der Waals surface area contributed by atoms with Crippen LogP contribution in [0.4, 0.5) is 5.69 Å². The molecule has 1 aromatic carbocycles. The highest BCUT2D eigenvalue weighted by molar-refractivity contribution is 7.89. The van der Waals surface area contributed by atoms with Gasteiger partial charge in [0.1, 0.15) is 6.04 Å². The summed E-state index contributed by atoms with van der Waals surface area (Å²) in [5, 5.41) is 0. The molecule has 21 heavy (non-hydrogen) atoms. The van der Waals surface area contributed by atoms with Gasteiger partial charge in [-0.2, -0.15) is 4.72 Å². The third-order valence-corrected chi connectivity index (χ3v) is 5.12. The number of amides is 2. The van der Waals surface area contributed by atoms with Gasteiger partial charge in [0, 0.05) is 12.7 Å². The minimum Gasteiger partial charge on any atom is -0.398 e. The fourth-order valence-electron chi connectivity index (χ4n) is 2.11. The van der Waals surface area contributed by atoms with Gasteiger partial charge in [0.05, 0.1) is 11.3 Å². The highest BCUT2D eigenvalue weighted by Gasteiger charge is 2.38. The van der Waals surface area contributed by atoms with Gasteiger partial charge in [0.15, 0.2) is 0 Å². The molecule has 0 saturated carbocycles. The molecule has 0 bridgehead atoms. The molecule has 1 saturated heterocycles. The molecule has 2 amide bonds. The van der Waals surface area contributed by atoms with Crippen LogP contribution in [-0.2, 0) is 19.6 Å². The summed E-state index contributed by atoms with van der Waals surface area (Å²) >= 11 is 0. The van der Waals surface area contributed by atoms with Gasteiger partial charge >= 0.3 is 0 Å². The fourth-order valence-corrected chi connectivity index (χ4v) is 3.42. The molecular weight excluding hydrogens is 294 g/mol. The normalized spacial score (nSPS) is 19.4. The lowest BCUT2D eigenvalue weighted by Gasteiger charge is -2.13. The Balaban J connectivity index is 2.32. The van der Waals surface area contributed by atoms with Crippen molar-refractivity contribution in [2.45, 2.75) is 31.2 Å². The van der Waals surface area contributed by atoms with Gasteiger partial charge < -0.3 is 5.73 Å². The largest absolute Gasteiger partial charge is 0.398 e. The van der Waals surface area contributed by atoms with Gasteiger partial charge in [-0.1, -0.05) is 0 Å². The average Bonchev–Trinajstić information content (AvgIpc) is 2.62. The molecule has 1 aromatic rings. The minimum absolute atomic E-state index is 0.0158. The maximum absolute atomic E-state index is 12.3. The number of nitrogens with two attached hydrogens (primary N) is 1. The number of sulfonamides is 1. The van der Waals surface area contributed by atoms with Crippen molar-refractivity contribution in [1.29, 1.82) is 0 Å². The summed E-state index contributed by atoms with van der Waals surface area (Å²) in [5.74, 6) is -0.965. The molecule has 114 valence electrons. The molecule has 0 aliphatic carbocycles. The van der Waals surface area contributed by atoms with Crippen LogP contribution in [0.2, 0.25) is 0 Å². The zero-order chi connectivity index (χ0) is 15.9. The van der Waals surface area contributed by atoms with Crippen molar-refractivity contribution in [3.63, 3.8) is 0 Å². The molecule has 1 fully saturated rings.